The molecule has 0 unspecified atom stereocenters. The topological polar surface area (TPSA) is 59.0 Å². The lowest BCUT2D eigenvalue weighted by atomic mass is 9.81. The lowest BCUT2D eigenvalue weighted by molar-refractivity contribution is 0.660. The summed E-state index contributed by atoms with van der Waals surface area (Å²) in [5.74, 6) is 0. The molecule has 4 heterocycles. The van der Waals surface area contributed by atoms with Gasteiger partial charge in [-0.25, -0.2) is 0 Å². The highest BCUT2D eigenvalue weighted by Gasteiger charge is 2.35. The van der Waals surface area contributed by atoms with Crippen LogP contribution in [-0.2, 0) is 5.41 Å². The molecule has 0 saturated carbocycles. The van der Waals surface area contributed by atoms with E-state index in [2.05, 4.69) is 400 Å². The summed E-state index contributed by atoms with van der Waals surface area (Å²) < 4.78 is 26.9. The largest absolute Gasteiger partial charge is 0.455 e. The van der Waals surface area contributed by atoms with Crippen molar-refractivity contribution in [2.45, 2.75) is 19.3 Å². The van der Waals surface area contributed by atoms with Gasteiger partial charge in [0.2, 0.25) is 0 Å². The molecule has 0 N–H and O–H groups in total. The Bertz CT molecular complexity index is 7670. The van der Waals surface area contributed by atoms with Crippen LogP contribution in [0.3, 0.4) is 0 Å². The first-order chi connectivity index (χ1) is 57.7. The van der Waals surface area contributed by atoms with Crippen molar-refractivity contribution in [3.8, 4) is 100 Å². The highest BCUT2D eigenvalue weighted by Crippen LogP contribution is 2.51. The van der Waals surface area contributed by atoms with Crippen LogP contribution < -0.4 is 9.80 Å². The molecular weight excluding hydrogens is 1430 g/mol. The van der Waals surface area contributed by atoms with Crippen molar-refractivity contribution in [2.75, 3.05) is 9.80 Å². The van der Waals surface area contributed by atoms with Crippen LogP contribution in [0.25, 0.3) is 188 Å². The molecular formula is C111H72N2O4. The van der Waals surface area contributed by atoms with Crippen LogP contribution in [0, 0.1) is 0 Å². The summed E-state index contributed by atoms with van der Waals surface area (Å²) >= 11 is 0. The van der Waals surface area contributed by atoms with Gasteiger partial charge >= 0.3 is 0 Å². The van der Waals surface area contributed by atoms with E-state index in [9.17, 15) is 0 Å². The quantitative estimate of drug-likeness (QED) is 0.108. The Kier molecular flexibility index (Phi) is 15.6. The van der Waals surface area contributed by atoms with Gasteiger partial charge in [-0.2, -0.15) is 0 Å². The van der Waals surface area contributed by atoms with Crippen molar-refractivity contribution in [3.05, 3.63) is 412 Å². The maximum Gasteiger partial charge on any atom is 0.143 e. The van der Waals surface area contributed by atoms with Gasteiger partial charge in [0.05, 0.1) is 0 Å². The zero-order valence-electron chi connectivity index (χ0n) is 64.1. The molecule has 23 rings (SSSR count). The number of anilines is 6. The zero-order chi connectivity index (χ0) is 77.4. The molecule has 550 valence electrons. The van der Waals surface area contributed by atoms with Gasteiger partial charge in [0.15, 0.2) is 0 Å². The Morgan fingerprint density at radius 2 is 0.436 bits per heavy atom. The second-order valence-electron chi connectivity index (χ2n) is 31.4. The van der Waals surface area contributed by atoms with Crippen LogP contribution >= 0.6 is 0 Å². The molecule has 0 aliphatic heterocycles. The maximum atomic E-state index is 6.91. The van der Waals surface area contributed by atoms with Crippen LogP contribution in [0.1, 0.15) is 25.0 Å². The van der Waals surface area contributed by atoms with Gasteiger partial charge in [-0.3, -0.25) is 0 Å². The summed E-state index contributed by atoms with van der Waals surface area (Å²) in [6.45, 7) is 4.69. The summed E-state index contributed by atoms with van der Waals surface area (Å²) in [6, 6.07) is 144. The van der Waals surface area contributed by atoms with Crippen molar-refractivity contribution in [3.63, 3.8) is 0 Å². The summed E-state index contributed by atoms with van der Waals surface area (Å²) in [7, 11) is 0. The van der Waals surface area contributed by atoms with E-state index in [0.717, 1.165) is 189 Å². The first-order valence-corrected chi connectivity index (χ1v) is 40.1. The van der Waals surface area contributed by atoms with Crippen LogP contribution in [0.5, 0.6) is 0 Å². The van der Waals surface area contributed by atoms with Crippen molar-refractivity contribution in [1.29, 1.82) is 0 Å². The fraction of sp³-hybridized carbons (Fsp3) is 0.0270. The van der Waals surface area contributed by atoms with Gasteiger partial charge in [-0.05, 0) is 210 Å². The number of fused-ring (bicyclic) bond motifs is 15. The Morgan fingerprint density at radius 3 is 0.846 bits per heavy atom. The fourth-order valence-corrected chi connectivity index (χ4v) is 18.4. The fourth-order valence-electron chi connectivity index (χ4n) is 18.4. The molecule has 22 aromatic rings. The summed E-state index contributed by atoms with van der Waals surface area (Å²) in [5, 5.41) is 8.69. The van der Waals surface area contributed by atoms with E-state index in [0.29, 0.717) is 0 Å². The van der Waals surface area contributed by atoms with Crippen LogP contribution in [0.4, 0.5) is 34.1 Å². The predicted molar refractivity (Wildman–Crippen MR) is 486 cm³/mol. The molecule has 6 nitrogen and oxygen atoms in total. The Morgan fingerprint density at radius 1 is 0.171 bits per heavy atom. The predicted octanol–water partition coefficient (Wildman–Crippen LogP) is 31.9. The smallest absolute Gasteiger partial charge is 0.143 e. The van der Waals surface area contributed by atoms with Crippen LogP contribution in [0.15, 0.2) is 418 Å². The van der Waals surface area contributed by atoms with Gasteiger partial charge in [0.1, 0.15) is 44.7 Å². The molecule has 6 heteroatoms. The van der Waals surface area contributed by atoms with Crippen molar-refractivity contribution in [2.24, 2.45) is 0 Å². The zero-order valence-corrected chi connectivity index (χ0v) is 64.1. The Labute approximate surface area is 675 Å². The summed E-state index contributed by atoms with van der Waals surface area (Å²) in [5.41, 5.74) is 36.1. The van der Waals surface area contributed by atoms with E-state index < -0.39 is 0 Å². The van der Waals surface area contributed by atoms with E-state index in [1.807, 2.05) is 24.3 Å². The van der Waals surface area contributed by atoms with Crippen LogP contribution in [-0.4, -0.2) is 0 Å². The van der Waals surface area contributed by atoms with E-state index in [1.165, 1.54) is 44.5 Å². The standard InChI is InChI=1S/C111H72N2O4/c1-111(2)101-32-9-6-21-91(101)92-62-47-80(68-102(92)111)71-37-52-82(53-38-71)113(84-56-41-73(42-57-84)88-25-14-29-96-94-23-8-11-34-104(94)115-108(88)96)86-60-45-75(46-61-86)90-27-16-31-98-100-67-79(49-64-106(100)117-110(90)98)78-48-63-105-99(66-78)97-30-15-26-89(109(97)116-105)74-43-58-85(59-44-74)112(81-50-35-70(36-51-81)77-20-12-19-76(65-77)69-17-4-3-5-18-69)83-54-39-72(40-55-83)87-24-13-28-95-93-22-7-10-33-103(93)114-107(87)95/h3-68H,1-2H3. The molecule has 117 heavy (non-hydrogen) atoms. The number of hydrogen-bond acceptors (Lipinski definition) is 6. The Balaban J connectivity index is 0.547. The molecule has 1 aliphatic rings. The van der Waals surface area contributed by atoms with Gasteiger partial charge in [0, 0.05) is 105 Å². The van der Waals surface area contributed by atoms with Gasteiger partial charge < -0.3 is 27.5 Å². The van der Waals surface area contributed by atoms with Gasteiger partial charge in [0.25, 0.3) is 0 Å². The average Bonchev–Trinajstić information content (AvgIpc) is 1.63. The average molecular weight is 1500 g/mol. The van der Waals surface area contributed by atoms with E-state index in [1.54, 1.807) is 0 Å². The normalized spacial score (nSPS) is 12.4. The highest BCUT2D eigenvalue weighted by molar-refractivity contribution is 6.15. The first kappa shape index (κ1) is 67.5. The van der Waals surface area contributed by atoms with Gasteiger partial charge in [-0.1, -0.05) is 293 Å². The molecule has 4 aromatic heterocycles. The number of nitrogens with zero attached hydrogens (tertiary/aromatic N) is 2. The molecule has 0 amide bonds. The van der Waals surface area contributed by atoms with Gasteiger partial charge in [-0.15, -0.1) is 0 Å². The van der Waals surface area contributed by atoms with Crippen molar-refractivity contribution >= 4 is 122 Å². The second kappa shape index (κ2) is 27.0. The molecule has 0 radical (unpaired) electrons. The molecule has 0 bridgehead atoms. The minimum Gasteiger partial charge on any atom is -0.455 e. The third kappa shape index (κ3) is 11.3. The highest BCUT2D eigenvalue weighted by atomic mass is 16.3. The molecule has 0 saturated heterocycles. The summed E-state index contributed by atoms with van der Waals surface area (Å²) in [6.07, 6.45) is 0. The Hall–Kier alpha value is -15.2. The maximum absolute atomic E-state index is 6.91. The molecule has 18 aromatic carbocycles. The molecule has 0 fully saturated rings. The lowest BCUT2D eigenvalue weighted by Gasteiger charge is -2.26. The van der Waals surface area contributed by atoms with Crippen molar-refractivity contribution in [1.82, 2.24) is 0 Å². The molecule has 1 aliphatic carbocycles. The molecule has 0 atom stereocenters. The SMILES string of the molecule is CC1(C)c2ccccc2-c2ccc(-c3ccc(N(c4ccc(-c5cccc6c5oc5ccccc56)cc4)c4ccc(-c5cccc6c5oc5ccc(-c7ccc8oc9c(-c%10ccc(N(c%11ccc(-c%12cccc(-c%13ccccc%13)c%12)cc%11)c%11ccc(-c%12cccc%13c%12oc%12ccccc%12%13)cc%11)cc%10)cccc9c8c7)cc56)cc4)cc3)cc21. The van der Waals surface area contributed by atoms with E-state index in [4.69, 9.17) is 17.7 Å². The third-order valence-corrected chi connectivity index (χ3v) is 24.4. The first-order valence-electron chi connectivity index (χ1n) is 40.1. The number of hydrogen-bond donors (Lipinski definition) is 0. The van der Waals surface area contributed by atoms with Crippen LogP contribution in [0.2, 0.25) is 0 Å². The summed E-state index contributed by atoms with van der Waals surface area (Å²) in [4.78, 5) is 4.68. The lowest BCUT2D eigenvalue weighted by Crippen LogP contribution is -2.14. The molecule has 0 spiro atoms. The minimum atomic E-state index is -0.0946. The third-order valence-electron chi connectivity index (χ3n) is 24.4. The number of furan rings is 4. The number of para-hydroxylation sites is 6. The second-order valence-corrected chi connectivity index (χ2v) is 31.4. The van der Waals surface area contributed by atoms with Crippen molar-refractivity contribution < 1.29 is 17.7 Å². The minimum absolute atomic E-state index is 0.0946. The number of benzene rings is 18. The van der Waals surface area contributed by atoms with E-state index >= 15 is 0 Å². The monoisotopic (exact) mass is 1500 g/mol. The number of rotatable bonds is 14. The van der Waals surface area contributed by atoms with E-state index in [-0.39, 0.29) is 5.41 Å².